The van der Waals surface area contributed by atoms with Gasteiger partial charge in [-0.3, -0.25) is 14.5 Å². The zero-order valence-corrected chi connectivity index (χ0v) is 16.3. The van der Waals surface area contributed by atoms with Crippen molar-refractivity contribution in [2.45, 2.75) is 38.1 Å². The first kappa shape index (κ1) is 19.4. The van der Waals surface area contributed by atoms with Gasteiger partial charge < -0.3 is 10.6 Å². The second-order valence-corrected chi connectivity index (χ2v) is 7.65. The van der Waals surface area contributed by atoms with Gasteiger partial charge in [-0.05, 0) is 49.2 Å². The molecule has 1 fully saturated rings. The molecule has 0 aromatic heterocycles. The number of hydrogen-bond acceptors (Lipinski definition) is 3. The Morgan fingerprint density at radius 3 is 2.24 bits per heavy atom. The van der Waals surface area contributed by atoms with Gasteiger partial charge >= 0.3 is 6.03 Å². The molecule has 0 unspecified atom stereocenters. The molecule has 1 saturated carbocycles. The summed E-state index contributed by atoms with van der Waals surface area (Å²) < 4.78 is 13.2. The van der Waals surface area contributed by atoms with Crippen molar-refractivity contribution in [3.63, 3.8) is 0 Å². The van der Waals surface area contributed by atoms with Crippen LogP contribution < -0.4 is 10.6 Å². The molecular weight excluding hydrogens is 397 g/mol. The molecule has 29 heavy (non-hydrogen) atoms. The Morgan fingerprint density at radius 2 is 1.55 bits per heavy atom. The van der Waals surface area contributed by atoms with Gasteiger partial charge in [-0.15, -0.1) is 0 Å². The number of imide groups is 1. The van der Waals surface area contributed by atoms with Gasteiger partial charge in [-0.1, -0.05) is 30.9 Å². The highest BCUT2D eigenvalue weighted by atomic mass is 35.5. The summed E-state index contributed by atoms with van der Waals surface area (Å²) in [5.74, 6) is -1.16. The Labute approximate surface area is 172 Å². The Balaban J connectivity index is 1.48. The maximum atomic E-state index is 13.2. The predicted octanol–water partition coefficient (Wildman–Crippen LogP) is 5.05. The van der Waals surface area contributed by atoms with Crippen LogP contribution in [0.15, 0.2) is 36.4 Å². The van der Waals surface area contributed by atoms with Crippen molar-refractivity contribution in [1.82, 2.24) is 4.90 Å². The molecule has 8 heteroatoms. The molecule has 0 spiro atoms. The lowest BCUT2D eigenvalue weighted by molar-refractivity contribution is 0.0549. The molecule has 1 aliphatic heterocycles. The number of carbonyl (C=O) groups excluding carboxylic acids is 3. The highest BCUT2D eigenvalue weighted by Gasteiger charge is 2.40. The van der Waals surface area contributed by atoms with Crippen molar-refractivity contribution >= 4 is 40.8 Å². The summed E-state index contributed by atoms with van der Waals surface area (Å²) in [5.41, 5.74) is 1.35. The number of amides is 4. The van der Waals surface area contributed by atoms with Crippen LogP contribution in [0.5, 0.6) is 0 Å². The second-order valence-electron chi connectivity index (χ2n) is 7.24. The third-order valence-corrected chi connectivity index (χ3v) is 5.58. The van der Waals surface area contributed by atoms with E-state index in [1.807, 2.05) is 0 Å². The number of urea groups is 1. The van der Waals surface area contributed by atoms with Crippen molar-refractivity contribution in [2.75, 3.05) is 10.6 Å². The minimum atomic E-state index is -0.582. The van der Waals surface area contributed by atoms with Crippen LogP contribution in [0.4, 0.5) is 20.6 Å². The number of benzene rings is 2. The summed E-state index contributed by atoms with van der Waals surface area (Å²) in [5, 5.41) is 5.05. The number of nitrogens with one attached hydrogen (secondary N) is 2. The molecule has 1 heterocycles. The Kier molecular flexibility index (Phi) is 5.24. The molecule has 4 rings (SSSR count). The first-order valence-electron chi connectivity index (χ1n) is 9.49. The number of hydrogen-bond donors (Lipinski definition) is 2. The molecule has 4 amide bonds. The van der Waals surface area contributed by atoms with Crippen molar-refractivity contribution in [3.8, 4) is 0 Å². The average Bonchev–Trinajstić information content (AvgIpc) is 2.95. The van der Waals surface area contributed by atoms with Gasteiger partial charge in [0.25, 0.3) is 11.8 Å². The average molecular weight is 416 g/mol. The van der Waals surface area contributed by atoms with Gasteiger partial charge in [0, 0.05) is 17.4 Å². The lowest BCUT2D eigenvalue weighted by Crippen LogP contribution is -2.40. The fourth-order valence-electron chi connectivity index (χ4n) is 3.88. The highest BCUT2D eigenvalue weighted by molar-refractivity contribution is 6.31. The molecule has 0 atom stereocenters. The molecule has 2 N–H and O–H groups in total. The van der Waals surface area contributed by atoms with Gasteiger partial charge in [0.15, 0.2) is 0 Å². The van der Waals surface area contributed by atoms with E-state index in [1.54, 1.807) is 12.1 Å². The van der Waals surface area contributed by atoms with E-state index in [-0.39, 0.29) is 22.9 Å². The lowest BCUT2D eigenvalue weighted by atomic mass is 9.94. The lowest BCUT2D eigenvalue weighted by Gasteiger charge is -2.29. The maximum absolute atomic E-state index is 13.2. The minimum absolute atomic E-state index is 0.0564. The van der Waals surface area contributed by atoms with Gasteiger partial charge in [-0.25, -0.2) is 9.18 Å². The highest BCUT2D eigenvalue weighted by Crippen LogP contribution is 2.32. The fourth-order valence-corrected chi connectivity index (χ4v) is 4.06. The molecule has 0 saturated heterocycles. The van der Waals surface area contributed by atoms with Crippen molar-refractivity contribution < 1.29 is 18.8 Å². The van der Waals surface area contributed by atoms with Gasteiger partial charge in [0.1, 0.15) is 5.82 Å². The van der Waals surface area contributed by atoms with Crippen molar-refractivity contribution in [2.24, 2.45) is 0 Å². The van der Waals surface area contributed by atoms with Crippen molar-refractivity contribution in [3.05, 3.63) is 58.4 Å². The summed E-state index contributed by atoms with van der Waals surface area (Å²) in [6.07, 6.45) is 4.82. The number of nitrogens with zero attached hydrogens (tertiary/aromatic N) is 1. The molecular formula is C21H19ClFN3O3. The first-order valence-corrected chi connectivity index (χ1v) is 9.87. The van der Waals surface area contributed by atoms with Crippen LogP contribution >= 0.6 is 11.6 Å². The molecule has 6 nitrogen and oxygen atoms in total. The molecule has 0 bridgehead atoms. The Morgan fingerprint density at radius 1 is 0.931 bits per heavy atom. The fraction of sp³-hybridized carbons (Fsp3) is 0.286. The van der Waals surface area contributed by atoms with E-state index in [0.29, 0.717) is 22.5 Å². The maximum Gasteiger partial charge on any atom is 0.323 e. The van der Waals surface area contributed by atoms with Crippen LogP contribution in [0, 0.1) is 5.82 Å². The number of fused-ring (bicyclic) bond motifs is 1. The van der Waals surface area contributed by atoms with Crippen LogP contribution in [-0.2, 0) is 0 Å². The summed E-state index contributed by atoms with van der Waals surface area (Å²) >= 11 is 5.71. The van der Waals surface area contributed by atoms with E-state index in [9.17, 15) is 18.8 Å². The van der Waals surface area contributed by atoms with E-state index in [1.165, 1.54) is 23.1 Å². The zero-order chi connectivity index (χ0) is 20.5. The number of carbonyl (C=O) groups is 3. The van der Waals surface area contributed by atoms with Crippen molar-refractivity contribution in [1.29, 1.82) is 0 Å². The smallest absolute Gasteiger partial charge is 0.308 e. The van der Waals surface area contributed by atoms with Gasteiger partial charge in [0.05, 0.1) is 16.1 Å². The van der Waals surface area contributed by atoms with E-state index in [4.69, 9.17) is 11.6 Å². The number of anilines is 2. The zero-order valence-electron chi connectivity index (χ0n) is 15.5. The van der Waals surface area contributed by atoms with E-state index >= 15 is 0 Å². The monoisotopic (exact) mass is 415 g/mol. The third-order valence-electron chi connectivity index (χ3n) is 5.29. The molecule has 2 aliphatic rings. The predicted molar refractivity (Wildman–Crippen MR) is 108 cm³/mol. The standard InChI is InChI=1S/C21H19ClFN3O3/c22-17-11-13(7-9-18(17)23)25-21(29)24-12-6-8-15-16(10-12)20(28)26(19(15)27)14-4-2-1-3-5-14/h6-11,14H,1-5H2,(H2,24,25,29). The third kappa shape index (κ3) is 3.82. The summed E-state index contributed by atoms with van der Waals surface area (Å²) in [6.45, 7) is 0. The second kappa shape index (κ2) is 7.83. The van der Waals surface area contributed by atoms with Crippen LogP contribution in [-0.4, -0.2) is 28.8 Å². The summed E-state index contributed by atoms with van der Waals surface area (Å²) in [4.78, 5) is 39.1. The molecule has 150 valence electrons. The van der Waals surface area contributed by atoms with E-state index < -0.39 is 11.8 Å². The van der Waals surface area contributed by atoms with Crippen LogP contribution in [0.3, 0.4) is 0 Å². The minimum Gasteiger partial charge on any atom is -0.308 e. The van der Waals surface area contributed by atoms with Gasteiger partial charge in [0.2, 0.25) is 0 Å². The summed E-state index contributed by atoms with van der Waals surface area (Å²) in [6, 6.07) is 7.84. The van der Waals surface area contributed by atoms with E-state index in [2.05, 4.69) is 10.6 Å². The number of rotatable bonds is 3. The summed E-state index contributed by atoms with van der Waals surface area (Å²) in [7, 11) is 0. The SMILES string of the molecule is O=C(Nc1ccc(F)c(Cl)c1)Nc1ccc2c(c1)C(=O)N(C1CCCCC1)C2=O. The van der Waals surface area contributed by atoms with Gasteiger partial charge in [-0.2, -0.15) is 0 Å². The Bertz CT molecular complexity index is 1000. The molecule has 1 aliphatic carbocycles. The topological polar surface area (TPSA) is 78.5 Å². The quantitative estimate of drug-likeness (QED) is 0.688. The normalized spacial score (nSPS) is 16.7. The largest absolute Gasteiger partial charge is 0.323 e. The first-order chi connectivity index (χ1) is 13.9. The van der Waals surface area contributed by atoms with Crippen LogP contribution in [0.25, 0.3) is 0 Å². The van der Waals surface area contributed by atoms with Crippen LogP contribution in [0.1, 0.15) is 52.8 Å². The molecule has 2 aromatic rings. The van der Waals surface area contributed by atoms with E-state index in [0.717, 1.165) is 38.2 Å². The molecule has 0 radical (unpaired) electrons. The molecule has 2 aromatic carbocycles. The van der Waals surface area contributed by atoms with Crippen LogP contribution in [0.2, 0.25) is 5.02 Å². The number of halogens is 2. The Hall–Kier alpha value is -2.93.